The zero-order valence-corrected chi connectivity index (χ0v) is 12.5. The Morgan fingerprint density at radius 2 is 1.90 bits per heavy atom. The highest BCUT2D eigenvalue weighted by atomic mass is 16.5. The van der Waals surface area contributed by atoms with Crippen molar-refractivity contribution in [3.8, 4) is 5.75 Å². The summed E-state index contributed by atoms with van der Waals surface area (Å²) in [6.07, 6.45) is 4.38. The topological polar surface area (TPSA) is 38.7 Å². The van der Waals surface area contributed by atoms with Gasteiger partial charge in [0.15, 0.2) is 0 Å². The van der Waals surface area contributed by atoms with Gasteiger partial charge in [-0.05, 0) is 44.6 Å². The van der Waals surface area contributed by atoms with Crippen LogP contribution in [-0.2, 0) is 4.74 Å². The van der Waals surface area contributed by atoms with Gasteiger partial charge in [0, 0.05) is 5.56 Å². The maximum Gasteiger partial charge on any atom is 0.125 e. The number of para-hydroxylation sites is 1. The first-order valence-corrected chi connectivity index (χ1v) is 7.72. The van der Waals surface area contributed by atoms with Gasteiger partial charge in [-0.2, -0.15) is 0 Å². The molecular weight excluding hydrogens is 252 g/mol. The number of ether oxygens (including phenoxy) is 2. The molecule has 1 aliphatic carbocycles. The fourth-order valence-corrected chi connectivity index (χ4v) is 2.76. The average Bonchev–Trinajstić information content (AvgIpc) is 2.47. The molecule has 0 spiro atoms. The minimum Gasteiger partial charge on any atom is -0.493 e. The van der Waals surface area contributed by atoms with Crippen LogP contribution in [0.15, 0.2) is 24.3 Å². The Hall–Kier alpha value is -1.06. The third-order valence-corrected chi connectivity index (χ3v) is 4.03. The number of benzene rings is 1. The maximum absolute atomic E-state index is 10.3. The molecule has 0 bridgehead atoms. The second kappa shape index (κ2) is 7.65. The summed E-state index contributed by atoms with van der Waals surface area (Å²) >= 11 is 0. The van der Waals surface area contributed by atoms with Gasteiger partial charge in [0.05, 0.1) is 19.3 Å². The van der Waals surface area contributed by atoms with Crippen LogP contribution in [0.3, 0.4) is 0 Å². The molecule has 3 heteroatoms. The standard InChI is InChI=1S/C17H26O3/c1-3-19-17-7-5-4-6-15(17)16(18)12-20-14-10-8-13(2)9-11-14/h4-7,13-14,16,18H,3,8-12H2,1-2H3. The minimum absolute atomic E-state index is 0.306. The second-order valence-electron chi connectivity index (χ2n) is 5.70. The van der Waals surface area contributed by atoms with Gasteiger partial charge in [-0.25, -0.2) is 0 Å². The van der Waals surface area contributed by atoms with E-state index in [0.717, 1.165) is 30.1 Å². The van der Waals surface area contributed by atoms with Crippen LogP contribution in [0.1, 0.15) is 51.2 Å². The van der Waals surface area contributed by atoms with E-state index in [2.05, 4.69) is 6.92 Å². The molecule has 0 radical (unpaired) electrons. The van der Waals surface area contributed by atoms with E-state index in [9.17, 15) is 5.11 Å². The maximum atomic E-state index is 10.3. The fraction of sp³-hybridized carbons (Fsp3) is 0.647. The molecule has 1 unspecified atom stereocenters. The summed E-state index contributed by atoms with van der Waals surface area (Å²) in [5, 5.41) is 10.3. The van der Waals surface area contributed by atoms with Crippen LogP contribution in [0.4, 0.5) is 0 Å². The minimum atomic E-state index is -0.614. The van der Waals surface area contributed by atoms with Gasteiger partial charge >= 0.3 is 0 Å². The lowest BCUT2D eigenvalue weighted by Crippen LogP contribution is -2.23. The van der Waals surface area contributed by atoms with E-state index >= 15 is 0 Å². The molecule has 0 heterocycles. The Bertz CT molecular complexity index is 397. The Balaban J connectivity index is 1.86. The number of hydrogen-bond donors (Lipinski definition) is 1. The molecule has 1 aromatic carbocycles. The van der Waals surface area contributed by atoms with Crippen LogP contribution >= 0.6 is 0 Å². The molecule has 1 saturated carbocycles. The highest BCUT2D eigenvalue weighted by Gasteiger charge is 2.21. The van der Waals surface area contributed by atoms with Gasteiger partial charge in [-0.1, -0.05) is 25.1 Å². The van der Waals surface area contributed by atoms with Crippen molar-refractivity contribution < 1.29 is 14.6 Å². The summed E-state index contributed by atoms with van der Waals surface area (Å²) < 4.78 is 11.4. The summed E-state index contributed by atoms with van der Waals surface area (Å²) in [4.78, 5) is 0. The zero-order chi connectivity index (χ0) is 14.4. The summed E-state index contributed by atoms with van der Waals surface area (Å²) in [5.74, 6) is 1.57. The quantitative estimate of drug-likeness (QED) is 0.862. The van der Waals surface area contributed by atoms with Crippen LogP contribution in [-0.4, -0.2) is 24.4 Å². The first kappa shape index (κ1) is 15.3. The summed E-state index contributed by atoms with van der Waals surface area (Å²) in [5.41, 5.74) is 0.818. The Morgan fingerprint density at radius 1 is 1.20 bits per heavy atom. The number of hydrogen-bond acceptors (Lipinski definition) is 3. The average molecular weight is 278 g/mol. The van der Waals surface area contributed by atoms with Crippen molar-refractivity contribution in [1.29, 1.82) is 0 Å². The number of aliphatic hydroxyl groups excluding tert-OH is 1. The van der Waals surface area contributed by atoms with Crippen LogP contribution in [0, 0.1) is 5.92 Å². The third-order valence-electron chi connectivity index (χ3n) is 4.03. The SMILES string of the molecule is CCOc1ccccc1C(O)COC1CCC(C)CC1. The molecule has 1 aliphatic rings. The number of rotatable bonds is 6. The Morgan fingerprint density at radius 3 is 2.60 bits per heavy atom. The molecule has 1 fully saturated rings. The van der Waals surface area contributed by atoms with Gasteiger partial charge in [0.1, 0.15) is 11.9 Å². The van der Waals surface area contributed by atoms with E-state index in [1.807, 2.05) is 31.2 Å². The highest BCUT2D eigenvalue weighted by Crippen LogP contribution is 2.28. The van der Waals surface area contributed by atoms with E-state index in [1.165, 1.54) is 12.8 Å². The van der Waals surface area contributed by atoms with Crippen molar-refractivity contribution in [3.05, 3.63) is 29.8 Å². The smallest absolute Gasteiger partial charge is 0.125 e. The molecule has 1 aromatic rings. The molecule has 1 atom stereocenters. The second-order valence-corrected chi connectivity index (χ2v) is 5.70. The van der Waals surface area contributed by atoms with E-state index < -0.39 is 6.10 Å². The largest absolute Gasteiger partial charge is 0.493 e. The predicted molar refractivity (Wildman–Crippen MR) is 79.9 cm³/mol. The van der Waals surface area contributed by atoms with Crippen LogP contribution in [0.5, 0.6) is 5.75 Å². The molecule has 2 rings (SSSR count). The van der Waals surface area contributed by atoms with Crippen LogP contribution in [0.25, 0.3) is 0 Å². The van der Waals surface area contributed by atoms with Crippen molar-refractivity contribution in [1.82, 2.24) is 0 Å². The fourth-order valence-electron chi connectivity index (χ4n) is 2.76. The lowest BCUT2D eigenvalue weighted by molar-refractivity contribution is -0.0300. The molecule has 0 aliphatic heterocycles. The molecule has 0 saturated heterocycles. The van der Waals surface area contributed by atoms with Gasteiger partial charge in [0.2, 0.25) is 0 Å². The molecule has 0 amide bonds. The molecule has 112 valence electrons. The van der Waals surface area contributed by atoms with Crippen molar-refractivity contribution in [2.75, 3.05) is 13.2 Å². The molecule has 3 nitrogen and oxygen atoms in total. The first-order chi connectivity index (χ1) is 9.70. The predicted octanol–water partition coefficient (Wildman–Crippen LogP) is 3.71. The van der Waals surface area contributed by atoms with Crippen molar-refractivity contribution in [2.24, 2.45) is 5.92 Å². The van der Waals surface area contributed by atoms with Crippen molar-refractivity contribution in [3.63, 3.8) is 0 Å². The normalized spacial score (nSPS) is 24.4. The highest BCUT2D eigenvalue weighted by molar-refractivity contribution is 5.35. The van der Waals surface area contributed by atoms with Crippen LogP contribution in [0.2, 0.25) is 0 Å². The summed E-state index contributed by atoms with van der Waals surface area (Å²) in [6.45, 7) is 5.19. The van der Waals surface area contributed by atoms with Crippen molar-refractivity contribution in [2.45, 2.75) is 51.7 Å². The third kappa shape index (κ3) is 4.22. The Kier molecular flexibility index (Phi) is 5.86. The lowest BCUT2D eigenvalue weighted by Gasteiger charge is -2.27. The van der Waals surface area contributed by atoms with Crippen LogP contribution < -0.4 is 4.74 Å². The first-order valence-electron chi connectivity index (χ1n) is 7.72. The Labute approximate surface area is 121 Å². The van der Waals surface area contributed by atoms with Gasteiger partial charge in [-0.15, -0.1) is 0 Å². The monoisotopic (exact) mass is 278 g/mol. The van der Waals surface area contributed by atoms with Gasteiger partial charge in [0.25, 0.3) is 0 Å². The van der Waals surface area contributed by atoms with Crippen molar-refractivity contribution >= 4 is 0 Å². The van der Waals surface area contributed by atoms with E-state index in [-0.39, 0.29) is 0 Å². The summed E-state index contributed by atoms with van der Waals surface area (Å²) in [6, 6.07) is 7.64. The van der Waals surface area contributed by atoms with E-state index in [1.54, 1.807) is 0 Å². The number of aliphatic hydroxyl groups is 1. The molecule has 1 N–H and O–H groups in total. The molecule has 0 aromatic heterocycles. The van der Waals surface area contributed by atoms with E-state index in [4.69, 9.17) is 9.47 Å². The molecular formula is C17H26O3. The van der Waals surface area contributed by atoms with E-state index in [0.29, 0.717) is 19.3 Å². The lowest BCUT2D eigenvalue weighted by atomic mass is 9.89. The summed E-state index contributed by atoms with van der Waals surface area (Å²) in [7, 11) is 0. The molecule has 20 heavy (non-hydrogen) atoms. The zero-order valence-electron chi connectivity index (χ0n) is 12.5. The van der Waals surface area contributed by atoms with Gasteiger partial charge < -0.3 is 14.6 Å². The van der Waals surface area contributed by atoms with Gasteiger partial charge in [-0.3, -0.25) is 0 Å².